The Bertz CT molecular complexity index is 1230. The van der Waals surface area contributed by atoms with Gasteiger partial charge in [-0.15, -0.1) is 0 Å². The van der Waals surface area contributed by atoms with Crippen LogP contribution < -0.4 is 38.5 Å². The third kappa shape index (κ3) is 16.0. The highest BCUT2D eigenvalue weighted by molar-refractivity contribution is 5.44. The summed E-state index contributed by atoms with van der Waals surface area (Å²) in [5, 5.41) is 0. The fraction of sp³-hybridized carbons (Fsp3) is 0.750. The maximum atomic E-state index is 6.48. The molecule has 6 rings (SSSR count). The predicted octanol–water partition coefficient (Wildman–Crippen LogP) is 3.60. The average molecular weight is 779 g/mol. The maximum absolute atomic E-state index is 6.48. The Morgan fingerprint density at radius 2 is 0.607 bits per heavy atom. The SMILES string of the molecule is c1cc(OCCC[NH+]2CCCCC2)c(OCCC[NH+]2CCCCC2)cc1CCCCc1ccc(OCCC[NH+]2CCCCC2)c(OCCC[NH+]2CCCCC2)c1. The summed E-state index contributed by atoms with van der Waals surface area (Å²) >= 11 is 0. The molecule has 8 heteroatoms. The van der Waals surface area contributed by atoms with Gasteiger partial charge in [0.1, 0.15) is 0 Å². The van der Waals surface area contributed by atoms with Gasteiger partial charge < -0.3 is 38.5 Å². The molecule has 0 unspecified atom stereocenters. The van der Waals surface area contributed by atoms with Gasteiger partial charge in [-0.2, -0.15) is 0 Å². The van der Waals surface area contributed by atoms with Crippen molar-refractivity contribution in [1.82, 2.24) is 0 Å². The summed E-state index contributed by atoms with van der Waals surface area (Å²) in [5.74, 6) is 3.73. The van der Waals surface area contributed by atoms with Crippen LogP contribution in [0.5, 0.6) is 23.0 Å². The van der Waals surface area contributed by atoms with Gasteiger partial charge in [-0.1, -0.05) is 12.1 Å². The molecule has 56 heavy (non-hydrogen) atoms. The lowest BCUT2D eigenvalue weighted by Crippen LogP contribution is -3.12. The molecule has 0 amide bonds. The van der Waals surface area contributed by atoms with Gasteiger partial charge in [0.2, 0.25) is 0 Å². The first-order chi connectivity index (χ1) is 27.8. The highest BCUT2D eigenvalue weighted by Crippen LogP contribution is 2.31. The lowest BCUT2D eigenvalue weighted by Gasteiger charge is -2.24. The van der Waals surface area contributed by atoms with Crippen LogP contribution in [0.3, 0.4) is 0 Å². The van der Waals surface area contributed by atoms with Crippen molar-refractivity contribution in [2.75, 3.05) is 105 Å². The summed E-state index contributed by atoms with van der Waals surface area (Å²) in [6.07, 6.45) is 25.5. The number of unbranched alkanes of at least 4 members (excludes halogenated alkanes) is 1. The smallest absolute Gasteiger partial charge is 0.161 e. The summed E-state index contributed by atoms with van der Waals surface area (Å²) < 4.78 is 25.8. The zero-order valence-electron chi connectivity index (χ0n) is 35.6. The minimum Gasteiger partial charge on any atom is -0.489 e. The summed E-state index contributed by atoms with van der Waals surface area (Å²) in [6.45, 7) is 18.6. The van der Waals surface area contributed by atoms with E-state index in [1.54, 1.807) is 19.6 Å². The molecule has 4 saturated heterocycles. The van der Waals surface area contributed by atoms with E-state index in [2.05, 4.69) is 36.4 Å². The summed E-state index contributed by atoms with van der Waals surface area (Å²) in [6, 6.07) is 13.4. The first-order valence-corrected chi connectivity index (χ1v) is 23.9. The Kier molecular flexibility index (Phi) is 19.8. The molecule has 0 aromatic heterocycles. The number of hydrogen-bond acceptors (Lipinski definition) is 4. The van der Waals surface area contributed by atoms with E-state index in [9.17, 15) is 0 Å². The monoisotopic (exact) mass is 779 g/mol. The highest BCUT2D eigenvalue weighted by atomic mass is 16.5. The van der Waals surface area contributed by atoms with Crippen molar-refractivity contribution in [3.05, 3.63) is 47.5 Å². The molecule has 0 saturated carbocycles. The third-order valence-electron chi connectivity index (χ3n) is 13.2. The second kappa shape index (κ2) is 25.8. The molecular formula is C48H82N4O4+4. The highest BCUT2D eigenvalue weighted by Gasteiger charge is 2.17. The minimum atomic E-state index is 0.768. The number of benzene rings is 2. The quantitative estimate of drug-likeness (QED) is 0.117. The van der Waals surface area contributed by atoms with Gasteiger partial charge in [-0.25, -0.2) is 0 Å². The molecule has 8 nitrogen and oxygen atoms in total. The van der Waals surface area contributed by atoms with Gasteiger partial charge in [0, 0.05) is 25.7 Å². The van der Waals surface area contributed by atoms with E-state index < -0.39 is 0 Å². The first kappa shape index (κ1) is 43.1. The number of nitrogens with one attached hydrogen (secondary N) is 4. The van der Waals surface area contributed by atoms with Crippen LogP contribution in [0, 0.1) is 0 Å². The topological polar surface area (TPSA) is 54.7 Å². The predicted molar refractivity (Wildman–Crippen MR) is 228 cm³/mol. The van der Waals surface area contributed by atoms with E-state index in [0.717, 1.165) is 101 Å². The third-order valence-corrected chi connectivity index (χ3v) is 13.2. The maximum Gasteiger partial charge on any atom is 0.161 e. The van der Waals surface area contributed by atoms with E-state index in [1.807, 2.05) is 0 Å². The van der Waals surface area contributed by atoms with Crippen LogP contribution in [0.15, 0.2) is 36.4 Å². The fourth-order valence-corrected chi connectivity index (χ4v) is 9.76. The average Bonchev–Trinajstić information content (AvgIpc) is 3.25. The van der Waals surface area contributed by atoms with Crippen molar-refractivity contribution < 1.29 is 38.5 Å². The number of rotatable bonds is 25. The Labute approximate surface area is 341 Å². The molecular weight excluding hydrogens is 697 g/mol. The lowest BCUT2D eigenvalue weighted by atomic mass is 10.0. The largest absolute Gasteiger partial charge is 0.489 e. The molecule has 0 radical (unpaired) electrons. The van der Waals surface area contributed by atoms with Crippen molar-refractivity contribution in [2.45, 2.75) is 128 Å². The molecule has 4 N–H and O–H groups in total. The van der Waals surface area contributed by atoms with Crippen LogP contribution in [0.25, 0.3) is 0 Å². The first-order valence-electron chi connectivity index (χ1n) is 23.9. The van der Waals surface area contributed by atoms with Crippen LogP contribution in [0.4, 0.5) is 0 Å². The van der Waals surface area contributed by atoms with Crippen LogP contribution in [-0.4, -0.2) is 105 Å². The van der Waals surface area contributed by atoms with E-state index in [-0.39, 0.29) is 0 Å². The minimum absolute atomic E-state index is 0.768. The van der Waals surface area contributed by atoms with Crippen LogP contribution in [0.2, 0.25) is 0 Å². The normalized spacial score (nSPS) is 19.2. The van der Waals surface area contributed by atoms with Crippen LogP contribution in [-0.2, 0) is 12.8 Å². The molecule has 4 fully saturated rings. The Balaban J connectivity index is 0.974. The summed E-state index contributed by atoms with van der Waals surface area (Å²) in [4.78, 5) is 7.01. The molecule has 4 heterocycles. The number of likely N-dealkylation sites (tertiary alicyclic amines) is 4. The molecule has 0 bridgehead atoms. The Hall–Kier alpha value is -2.52. The molecule has 0 aliphatic carbocycles. The Morgan fingerprint density at radius 1 is 0.321 bits per heavy atom. The van der Waals surface area contributed by atoms with Gasteiger partial charge >= 0.3 is 0 Å². The summed E-state index contributed by atoms with van der Waals surface area (Å²) in [7, 11) is 0. The second-order valence-corrected chi connectivity index (χ2v) is 17.8. The zero-order chi connectivity index (χ0) is 38.3. The molecule has 2 aromatic rings. The molecule has 2 aromatic carbocycles. The fourth-order valence-electron chi connectivity index (χ4n) is 9.76. The summed E-state index contributed by atoms with van der Waals surface area (Å²) in [5.41, 5.74) is 2.70. The number of ether oxygens (including phenoxy) is 4. The second-order valence-electron chi connectivity index (χ2n) is 17.8. The van der Waals surface area contributed by atoms with E-state index >= 15 is 0 Å². The molecule has 314 valence electrons. The van der Waals surface area contributed by atoms with E-state index in [1.165, 1.54) is 167 Å². The van der Waals surface area contributed by atoms with Crippen molar-refractivity contribution in [3.8, 4) is 23.0 Å². The van der Waals surface area contributed by atoms with Gasteiger partial charge in [-0.3, -0.25) is 0 Å². The molecule has 4 aliphatic rings. The lowest BCUT2D eigenvalue weighted by molar-refractivity contribution is -0.905. The van der Waals surface area contributed by atoms with Crippen LogP contribution >= 0.6 is 0 Å². The van der Waals surface area contributed by atoms with Gasteiger partial charge in [0.25, 0.3) is 0 Å². The number of aryl methyl sites for hydroxylation is 2. The number of quaternary nitrogens is 4. The van der Waals surface area contributed by atoms with Gasteiger partial charge in [-0.05, 0) is 138 Å². The van der Waals surface area contributed by atoms with E-state index in [4.69, 9.17) is 18.9 Å². The van der Waals surface area contributed by atoms with Gasteiger partial charge in [0.15, 0.2) is 23.0 Å². The van der Waals surface area contributed by atoms with Crippen LogP contribution in [0.1, 0.15) is 127 Å². The van der Waals surface area contributed by atoms with Crippen molar-refractivity contribution in [1.29, 1.82) is 0 Å². The number of piperidine rings is 4. The molecule has 0 atom stereocenters. The van der Waals surface area contributed by atoms with Gasteiger partial charge in [0.05, 0.1) is 105 Å². The number of hydrogen-bond donors (Lipinski definition) is 4. The van der Waals surface area contributed by atoms with Crippen molar-refractivity contribution in [2.24, 2.45) is 0 Å². The zero-order valence-corrected chi connectivity index (χ0v) is 35.6. The Morgan fingerprint density at radius 3 is 0.911 bits per heavy atom. The van der Waals surface area contributed by atoms with Crippen molar-refractivity contribution >= 4 is 0 Å². The standard InChI is InChI=1S/C48H78N4O4/c1-7-25-49(26-8-1)33-15-37-53-45-23-21-43(41-47(45)55-39-17-35-51-29-11-3-12-30-51)19-5-6-20-44-22-24-46(54-38-16-34-50-27-9-2-10-28-50)48(42-44)56-40-18-36-52-31-13-4-14-32-52/h21-24,41-42H,1-20,25-40H2/p+4. The molecule has 4 aliphatic heterocycles. The van der Waals surface area contributed by atoms with E-state index in [0.29, 0.717) is 0 Å². The molecule has 0 spiro atoms. The van der Waals surface area contributed by atoms with Crippen molar-refractivity contribution in [3.63, 3.8) is 0 Å².